The van der Waals surface area contributed by atoms with Crippen LogP contribution in [0.4, 0.5) is 0 Å². The van der Waals surface area contributed by atoms with E-state index in [2.05, 4.69) is 34.0 Å². The van der Waals surface area contributed by atoms with Crippen molar-refractivity contribution in [3.8, 4) is 27.8 Å². The highest BCUT2D eigenvalue weighted by atomic mass is 32.1. The van der Waals surface area contributed by atoms with Gasteiger partial charge in [-0.3, -0.25) is 0 Å². The summed E-state index contributed by atoms with van der Waals surface area (Å²) < 4.78 is 7.60. The summed E-state index contributed by atoms with van der Waals surface area (Å²) in [7, 11) is 1.63. The number of thiazole rings is 1. The molecule has 3 aromatic rings. The highest BCUT2D eigenvalue weighted by molar-refractivity contribution is 7.13. The minimum Gasteiger partial charge on any atom is -0.481 e. The van der Waals surface area contributed by atoms with E-state index in [1.54, 1.807) is 18.4 Å². The summed E-state index contributed by atoms with van der Waals surface area (Å²) in [6.45, 7) is 3.32. The third-order valence-electron chi connectivity index (χ3n) is 5.32. The Morgan fingerprint density at radius 2 is 2.00 bits per heavy atom. The molecule has 0 aliphatic heterocycles. The van der Waals surface area contributed by atoms with E-state index >= 15 is 0 Å². The summed E-state index contributed by atoms with van der Waals surface area (Å²) in [5.41, 5.74) is 4.65. The van der Waals surface area contributed by atoms with E-state index in [0.717, 1.165) is 28.7 Å². The number of rotatable bonds is 5. The SMILES string of the molecule is COc1ccc(-c2nc(-c3ccc(C)n3CC3CCCCC3)cs2)cn1. The fourth-order valence-corrected chi connectivity index (χ4v) is 4.62. The first kappa shape index (κ1) is 17.3. The molecule has 0 aromatic carbocycles. The second kappa shape index (κ2) is 7.62. The van der Waals surface area contributed by atoms with Crippen LogP contribution in [0.1, 0.15) is 37.8 Å². The van der Waals surface area contributed by atoms with Gasteiger partial charge >= 0.3 is 0 Å². The second-order valence-corrected chi connectivity index (χ2v) is 7.96. The van der Waals surface area contributed by atoms with E-state index in [1.807, 2.05) is 18.3 Å². The van der Waals surface area contributed by atoms with Crippen LogP contribution in [0.5, 0.6) is 5.88 Å². The van der Waals surface area contributed by atoms with Gasteiger partial charge in [0.15, 0.2) is 0 Å². The maximum absolute atomic E-state index is 5.14. The molecule has 26 heavy (non-hydrogen) atoms. The van der Waals surface area contributed by atoms with Crippen molar-refractivity contribution in [2.75, 3.05) is 7.11 Å². The van der Waals surface area contributed by atoms with Gasteiger partial charge in [-0.2, -0.15) is 0 Å². The zero-order valence-corrected chi connectivity index (χ0v) is 16.3. The van der Waals surface area contributed by atoms with Crippen molar-refractivity contribution in [3.63, 3.8) is 0 Å². The van der Waals surface area contributed by atoms with E-state index in [1.165, 1.54) is 43.5 Å². The number of ether oxygens (including phenoxy) is 1. The molecule has 4 rings (SSSR count). The van der Waals surface area contributed by atoms with Crippen LogP contribution in [-0.2, 0) is 6.54 Å². The Morgan fingerprint density at radius 3 is 2.73 bits per heavy atom. The third kappa shape index (κ3) is 3.54. The summed E-state index contributed by atoms with van der Waals surface area (Å²) in [5, 5.41) is 3.16. The molecule has 0 amide bonds. The molecular formula is C21H25N3OS. The van der Waals surface area contributed by atoms with Crippen LogP contribution >= 0.6 is 11.3 Å². The molecule has 1 fully saturated rings. The molecule has 0 spiro atoms. The molecule has 0 saturated heterocycles. The molecule has 0 bridgehead atoms. The molecule has 3 aromatic heterocycles. The fourth-order valence-electron chi connectivity index (χ4n) is 3.81. The van der Waals surface area contributed by atoms with Gasteiger partial charge in [0.05, 0.1) is 18.5 Å². The molecular weight excluding hydrogens is 342 g/mol. The first-order valence-electron chi connectivity index (χ1n) is 9.37. The topological polar surface area (TPSA) is 39.9 Å². The van der Waals surface area contributed by atoms with Crippen molar-refractivity contribution in [1.82, 2.24) is 14.5 Å². The molecule has 136 valence electrons. The number of pyridine rings is 1. The Morgan fingerprint density at radius 1 is 1.15 bits per heavy atom. The zero-order valence-electron chi connectivity index (χ0n) is 15.4. The van der Waals surface area contributed by atoms with Crippen molar-refractivity contribution < 1.29 is 4.74 Å². The van der Waals surface area contributed by atoms with Crippen molar-refractivity contribution in [2.24, 2.45) is 5.92 Å². The van der Waals surface area contributed by atoms with Gasteiger partial charge in [0.2, 0.25) is 5.88 Å². The normalized spacial score (nSPS) is 15.3. The predicted molar refractivity (Wildman–Crippen MR) is 107 cm³/mol. The molecule has 0 radical (unpaired) electrons. The Balaban J connectivity index is 1.59. The number of aryl methyl sites for hydroxylation is 1. The maximum atomic E-state index is 5.14. The zero-order chi connectivity index (χ0) is 17.9. The van der Waals surface area contributed by atoms with Gasteiger partial charge in [-0.15, -0.1) is 11.3 Å². The standard InChI is InChI=1S/C21H25N3OS/c1-15-8-10-19(24(15)13-16-6-4-3-5-7-16)18-14-26-21(23-18)17-9-11-20(25-2)22-12-17/h8-12,14,16H,3-7,13H2,1-2H3. The van der Waals surface area contributed by atoms with Crippen LogP contribution in [-0.4, -0.2) is 21.6 Å². The van der Waals surface area contributed by atoms with Gasteiger partial charge in [0.25, 0.3) is 0 Å². The summed E-state index contributed by atoms with van der Waals surface area (Å²) in [6, 6.07) is 8.32. The van der Waals surface area contributed by atoms with Crippen molar-refractivity contribution in [1.29, 1.82) is 0 Å². The smallest absolute Gasteiger partial charge is 0.212 e. The second-order valence-electron chi connectivity index (χ2n) is 7.10. The number of methoxy groups -OCH3 is 1. The van der Waals surface area contributed by atoms with Gasteiger partial charge < -0.3 is 9.30 Å². The first-order valence-corrected chi connectivity index (χ1v) is 10.2. The van der Waals surface area contributed by atoms with E-state index in [0.29, 0.717) is 5.88 Å². The maximum Gasteiger partial charge on any atom is 0.212 e. The molecule has 0 unspecified atom stereocenters. The van der Waals surface area contributed by atoms with Gasteiger partial charge in [0, 0.05) is 35.4 Å². The minimum atomic E-state index is 0.627. The van der Waals surface area contributed by atoms with E-state index < -0.39 is 0 Å². The molecule has 1 saturated carbocycles. The molecule has 1 aliphatic rings. The largest absolute Gasteiger partial charge is 0.481 e. The van der Waals surface area contributed by atoms with Gasteiger partial charge in [-0.05, 0) is 43.9 Å². The van der Waals surface area contributed by atoms with Crippen LogP contribution in [0.25, 0.3) is 22.0 Å². The summed E-state index contributed by atoms with van der Waals surface area (Å²) in [6.07, 6.45) is 8.71. The Hall–Kier alpha value is -2.14. The lowest BCUT2D eigenvalue weighted by molar-refractivity contribution is 0.319. The Kier molecular flexibility index (Phi) is 5.07. The van der Waals surface area contributed by atoms with Gasteiger partial charge in [0.1, 0.15) is 5.01 Å². The Labute approximate surface area is 158 Å². The lowest BCUT2D eigenvalue weighted by Crippen LogP contribution is -2.15. The van der Waals surface area contributed by atoms with E-state index in [4.69, 9.17) is 9.72 Å². The van der Waals surface area contributed by atoms with Crippen LogP contribution in [0.3, 0.4) is 0 Å². The highest BCUT2D eigenvalue weighted by Crippen LogP contribution is 2.32. The quantitative estimate of drug-likeness (QED) is 0.592. The summed E-state index contributed by atoms with van der Waals surface area (Å²) in [4.78, 5) is 9.18. The third-order valence-corrected chi connectivity index (χ3v) is 6.21. The number of aromatic nitrogens is 3. The number of hydrogen-bond acceptors (Lipinski definition) is 4. The number of hydrogen-bond donors (Lipinski definition) is 0. The van der Waals surface area contributed by atoms with Crippen LogP contribution in [0.15, 0.2) is 35.8 Å². The monoisotopic (exact) mass is 367 g/mol. The lowest BCUT2D eigenvalue weighted by atomic mass is 9.89. The minimum absolute atomic E-state index is 0.627. The summed E-state index contributed by atoms with van der Waals surface area (Å²) >= 11 is 1.67. The molecule has 0 atom stereocenters. The molecule has 1 aliphatic carbocycles. The average molecular weight is 368 g/mol. The molecule has 4 nitrogen and oxygen atoms in total. The Bertz CT molecular complexity index is 860. The molecule has 5 heteroatoms. The van der Waals surface area contributed by atoms with Crippen molar-refractivity contribution in [2.45, 2.75) is 45.6 Å². The molecule has 3 heterocycles. The van der Waals surface area contributed by atoms with Crippen LogP contribution in [0.2, 0.25) is 0 Å². The average Bonchev–Trinajstić information content (AvgIpc) is 3.30. The highest BCUT2D eigenvalue weighted by Gasteiger charge is 2.18. The fraction of sp³-hybridized carbons (Fsp3) is 0.429. The van der Waals surface area contributed by atoms with Crippen molar-refractivity contribution in [3.05, 3.63) is 41.5 Å². The van der Waals surface area contributed by atoms with Crippen LogP contribution < -0.4 is 4.74 Å². The van der Waals surface area contributed by atoms with Gasteiger partial charge in [-0.25, -0.2) is 9.97 Å². The van der Waals surface area contributed by atoms with Gasteiger partial charge in [-0.1, -0.05) is 19.3 Å². The molecule has 0 N–H and O–H groups in total. The predicted octanol–water partition coefficient (Wildman–Crippen LogP) is 5.57. The van der Waals surface area contributed by atoms with E-state index in [-0.39, 0.29) is 0 Å². The summed E-state index contributed by atoms with van der Waals surface area (Å²) in [5.74, 6) is 1.43. The van der Waals surface area contributed by atoms with Crippen LogP contribution in [0, 0.1) is 12.8 Å². The first-order chi connectivity index (χ1) is 12.7. The lowest BCUT2D eigenvalue weighted by Gasteiger charge is -2.24. The van der Waals surface area contributed by atoms with Crippen molar-refractivity contribution >= 4 is 11.3 Å². The van der Waals surface area contributed by atoms with E-state index in [9.17, 15) is 0 Å². The number of nitrogens with zero attached hydrogens (tertiary/aromatic N) is 3.